The lowest BCUT2D eigenvalue weighted by Crippen LogP contribution is -2.35. The molecule has 5 heteroatoms. The topological polar surface area (TPSA) is 68.2 Å². The Morgan fingerprint density at radius 2 is 1.38 bits per heavy atom. The van der Waals surface area contributed by atoms with Gasteiger partial charge in [0, 0.05) is 36.7 Å². The molecule has 174 valence electrons. The first-order chi connectivity index (χ1) is 15.8. The molecular weight excluding hydrogens is 396 g/mol. The normalized spacial score (nSPS) is 19.8. The Labute approximate surface area is 194 Å². The zero-order valence-corrected chi connectivity index (χ0v) is 19.6. The Balaban J connectivity index is 1.52. The first-order valence-electron chi connectivity index (χ1n) is 12.8. The highest BCUT2D eigenvalue weighted by atomic mass is 16.1. The molecule has 3 rings (SSSR count). The van der Waals surface area contributed by atoms with Crippen LogP contribution >= 0.6 is 0 Å². The highest BCUT2D eigenvalue weighted by Gasteiger charge is 2.16. The van der Waals surface area contributed by atoms with E-state index in [1.807, 2.05) is 12.1 Å². The summed E-state index contributed by atoms with van der Waals surface area (Å²) >= 11 is 0. The van der Waals surface area contributed by atoms with Crippen molar-refractivity contribution in [3.8, 4) is 6.07 Å². The Kier molecular flexibility index (Phi) is 10.4. The number of nitrogens with one attached hydrogen (secondary N) is 2. The average molecular weight is 437 g/mol. The van der Waals surface area contributed by atoms with E-state index in [0.29, 0.717) is 0 Å². The van der Waals surface area contributed by atoms with E-state index in [-0.39, 0.29) is 17.5 Å². The molecule has 1 aliphatic heterocycles. The lowest BCUT2D eigenvalue weighted by molar-refractivity contribution is -0.117. The van der Waals surface area contributed by atoms with E-state index in [0.717, 1.165) is 44.5 Å². The minimum Gasteiger partial charge on any atom is -0.372 e. The molecule has 1 heterocycles. The number of piperidine rings is 1. The maximum absolute atomic E-state index is 12.8. The number of benzene rings is 1. The Hall–Kier alpha value is -2.48. The van der Waals surface area contributed by atoms with Crippen molar-refractivity contribution in [1.29, 1.82) is 5.26 Å². The van der Waals surface area contributed by atoms with Gasteiger partial charge in [0.1, 0.15) is 11.6 Å². The van der Waals surface area contributed by atoms with Gasteiger partial charge in [-0.15, -0.1) is 0 Å². The van der Waals surface area contributed by atoms with Crippen LogP contribution in [-0.2, 0) is 4.79 Å². The standard InChI is InChI=1S/C27H40N4O/c28-21-23(22-29-24-15-17-26(18-16-24)31-19-11-8-12-20-31)27(32)30-25-13-9-6-4-2-1-3-5-7-10-14-25/h15-18,22,25,29H,1-14,19-20H2,(H,30,32)/b23-22-. The van der Waals surface area contributed by atoms with Crippen molar-refractivity contribution in [3.63, 3.8) is 0 Å². The van der Waals surface area contributed by atoms with Gasteiger partial charge in [-0.1, -0.05) is 57.8 Å². The molecule has 32 heavy (non-hydrogen) atoms. The number of nitrogens with zero attached hydrogens (tertiary/aromatic N) is 2. The summed E-state index contributed by atoms with van der Waals surface area (Å²) in [5, 5.41) is 15.8. The average Bonchev–Trinajstić information content (AvgIpc) is 2.82. The van der Waals surface area contributed by atoms with E-state index in [9.17, 15) is 10.1 Å². The van der Waals surface area contributed by atoms with Gasteiger partial charge in [-0.05, 0) is 56.4 Å². The van der Waals surface area contributed by atoms with Crippen molar-refractivity contribution in [2.24, 2.45) is 0 Å². The van der Waals surface area contributed by atoms with Crippen LogP contribution in [0.3, 0.4) is 0 Å². The number of carbonyl (C=O) groups is 1. The van der Waals surface area contributed by atoms with Crippen molar-refractivity contribution in [2.45, 2.75) is 95.9 Å². The second-order valence-electron chi connectivity index (χ2n) is 9.34. The van der Waals surface area contributed by atoms with Gasteiger partial charge < -0.3 is 15.5 Å². The van der Waals surface area contributed by atoms with Crippen molar-refractivity contribution in [1.82, 2.24) is 5.32 Å². The van der Waals surface area contributed by atoms with Gasteiger partial charge in [0.25, 0.3) is 5.91 Å². The summed E-state index contributed by atoms with van der Waals surface area (Å²) in [6, 6.07) is 10.5. The van der Waals surface area contributed by atoms with Crippen LogP contribution < -0.4 is 15.5 Å². The van der Waals surface area contributed by atoms with E-state index in [1.54, 1.807) is 6.20 Å². The smallest absolute Gasteiger partial charge is 0.263 e. The molecule has 1 saturated carbocycles. The molecule has 1 aromatic rings. The highest BCUT2D eigenvalue weighted by molar-refractivity contribution is 5.97. The van der Waals surface area contributed by atoms with Crippen molar-refractivity contribution in [2.75, 3.05) is 23.3 Å². The summed E-state index contributed by atoms with van der Waals surface area (Å²) in [6.45, 7) is 2.24. The van der Waals surface area contributed by atoms with Crippen LogP contribution in [-0.4, -0.2) is 25.0 Å². The van der Waals surface area contributed by atoms with Gasteiger partial charge in [-0.2, -0.15) is 5.26 Å². The van der Waals surface area contributed by atoms with Gasteiger partial charge >= 0.3 is 0 Å². The fraction of sp³-hybridized carbons (Fsp3) is 0.630. The number of hydrogen-bond donors (Lipinski definition) is 2. The summed E-state index contributed by atoms with van der Waals surface area (Å²) in [5.41, 5.74) is 2.26. The number of anilines is 2. The summed E-state index contributed by atoms with van der Waals surface area (Å²) in [4.78, 5) is 15.2. The SMILES string of the molecule is N#C/C(=C/Nc1ccc(N2CCCCC2)cc1)C(=O)NC1CCCCCCCCCCC1. The van der Waals surface area contributed by atoms with E-state index in [4.69, 9.17) is 0 Å². The molecule has 0 aromatic heterocycles. The van der Waals surface area contributed by atoms with Gasteiger partial charge in [-0.3, -0.25) is 4.79 Å². The van der Waals surface area contributed by atoms with Crippen LogP contribution in [0, 0.1) is 11.3 Å². The van der Waals surface area contributed by atoms with E-state index in [2.05, 4.69) is 33.7 Å². The van der Waals surface area contributed by atoms with Crippen LogP contribution in [0.25, 0.3) is 0 Å². The molecule has 1 amide bonds. The van der Waals surface area contributed by atoms with Crippen molar-refractivity contribution >= 4 is 17.3 Å². The van der Waals surface area contributed by atoms with Crippen LogP contribution in [0.5, 0.6) is 0 Å². The summed E-state index contributed by atoms with van der Waals surface area (Å²) < 4.78 is 0. The quantitative estimate of drug-likeness (QED) is 0.421. The second kappa shape index (κ2) is 13.8. The molecule has 2 aliphatic rings. The zero-order valence-electron chi connectivity index (χ0n) is 19.6. The molecule has 2 fully saturated rings. The van der Waals surface area contributed by atoms with E-state index >= 15 is 0 Å². The van der Waals surface area contributed by atoms with E-state index < -0.39 is 0 Å². The van der Waals surface area contributed by atoms with Crippen LogP contribution in [0.2, 0.25) is 0 Å². The fourth-order valence-corrected chi connectivity index (χ4v) is 4.80. The van der Waals surface area contributed by atoms with Gasteiger partial charge in [-0.25, -0.2) is 0 Å². The van der Waals surface area contributed by atoms with Crippen LogP contribution in [0.15, 0.2) is 36.0 Å². The first-order valence-corrected chi connectivity index (χ1v) is 12.8. The lowest BCUT2D eigenvalue weighted by Gasteiger charge is -2.28. The maximum atomic E-state index is 12.8. The maximum Gasteiger partial charge on any atom is 0.263 e. The molecule has 0 unspecified atom stereocenters. The Morgan fingerprint density at radius 3 is 1.94 bits per heavy atom. The Bertz CT molecular complexity index is 747. The monoisotopic (exact) mass is 436 g/mol. The lowest BCUT2D eigenvalue weighted by atomic mass is 9.98. The second-order valence-corrected chi connectivity index (χ2v) is 9.34. The molecule has 1 aromatic carbocycles. The zero-order chi connectivity index (χ0) is 22.4. The fourth-order valence-electron chi connectivity index (χ4n) is 4.80. The Morgan fingerprint density at radius 1 is 0.844 bits per heavy atom. The minimum atomic E-state index is -0.262. The molecular formula is C27H40N4O. The minimum absolute atomic E-state index is 0.135. The summed E-state index contributed by atoms with van der Waals surface area (Å²) in [7, 11) is 0. The summed E-state index contributed by atoms with van der Waals surface area (Å²) in [5.74, 6) is -0.262. The molecule has 0 radical (unpaired) electrons. The molecule has 1 aliphatic carbocycles. The highest BCUT2D eigenvalue weighted by Crippen LogP contribution is 2.22. The van der Waals surface area contributed by atoms with E-state index in [1.165, 1.54) is 69.9 Å². The predicted molar refractivity (Wildman–Crippen MR) is 133 cm³/mol. The molecule has 0 atom stereocenters. The van der Waals surface area contributed by atoms with Crippen LogP contribution in [0.1, 0.15) is 89.9 Å². The molecule has 1 saturated heterocycles. The molecule has 0 spiro atoms. The number of nitriles is 1. The van der Waals surface area contributed by atoms with Gasteiger partial charge in [0.2, 0.25) is 0 Å². The summed E-state index contributed by atoms with van der Waals surface area (Å²) in [6.07, 6.45) is 18.8. The third-order valence-electron chi connectivity index (χ3n) is 6.78. The van der Waals surface area contributed by atoms with Gasteiger partial charge in [0.05, 0.1) is 0 Å². The van der Waals surface area contributed by atoms with Crippen molar-refractivity contribution in [3.05, 3.63) is 36.0 Å². The largest absolute Gasteiger partial charge is 0.372 e. The molecule has 5 nitrogen and oxygen atoms in total. The number of carbonyl (C=O) groups excluding carboxylic acids is 1. The predicted octanol–water partition coefficient (Wildman–Crippen LogP) is 6.29. The third-order valence-corrected chi connectivity index (χ3v) is 6.78. The molecule has 0 bridgehead atoms. The molecule has 2 N–H and O–H groups in total. The number of amides is 1. The van der Waals surface area contributed by atoms with Crippen LogP contribution in [0.4, 0.5) is 11.4 Å². The first kappa shape index (κ1) is 24.2. The van der Waals surface area contributed by atoms with Crippen molar-refractivity contribution < 1.29 is 4.79 Å². The van der Waals surface area contributed by atoms with Gasteiger partial charge in [0.15, 0.2) is 0 Å². The third kappa shape index (κ3) is 8.22. The number of hydrogen-bond acceptors (Lipinski definition) is 4. The number of rotatable bonds is 5.